The number of rotatable bonds is 10. The standard InChI is InChI=1S/C27H34N2O7/c1-6-12-28(18-8-10-19(34-5)11-9-18)24(32)22-27-16-17(3)26(4,36-27)21(25(33)35-15-7-2)20(27)23(31)29(22)13-14-30/h6-11,17,20-22,30H,1-2,12-16H2,3-5H3/t17?,20-,21-,22?,26+,27?/m0/s1. The molecule has 3 fully saturated rings. The predicted octanol–water partition coefficient (Wildman–Crippen LogP) is 1.95. The number of likely N-dealkylation sites (tertiary alicyclic amines) is 1. The molecule has 6 atom stereocenters. The van der Waals surface area contributed by atoms with Crippen LogP contribution in [0, 0.1) is 17.8 Å². The van der Waals surface area contributed by atoms with E-state index in [2.05, 4.69) is 13.2 Å². The molecule has 3 aliphatic rings. The second-order valence-corrected chi connectivity index (χ2v) is 9.81. The Hall–Kier alpha value is -3.17. The number of ether oxygens (including phenoxy) is 3. The Bertz CT molecular complexity index is 1060. The van der Waals surface area contributed by atoms with Crippen molar-refractivity contribution in [1.29, 1.82) is 0 Å². The first kappa shape index (κ1) is 25.9. The lowest BCUT2D eigenvalue weighted by Gasteiger charge is -2.37. The average Bonchev–Trinajstić information content (AvgIpc) is 3.38. The maximum atomic E-state index is 14.3. The summed E-state index contributed by atoms with van der Waals surface area (Å²) < 4.78 is 17.2. The number of methoxy groups -OCH3 is 1. The molecule has 1 spiro atoms. The Kier molecular flexibility index (Phi) is 6.99. The van der Waals surface area contributed by atoms with E-state index in [9.17, 15) is 19.5 Å². The fourth-order valence-corrected chi connectivity index (χ4v) is 6.32. The highest BCUT2D eigenvalue weighted by Gasteiger charge is 2.80. The second kappa shape index (κ2) is 9.71. The molecule has 3 heterocycles. The minimum absolute atomic E-state index is 0.0149. The number of benzene rings is 1. The number of fused-ring (bicyclic) bond motifs is 1. The van der Waals surface area contributed by atoms with Crippen molar-refractivity contribution in [3.05, 3.63) is 49.6 Å². The normalized spacial score (nSPS) is 32.2. The molecule has 3 saturated heterocycles. The largest absolute Gasteiger partial charge is 0.497 e. The lowest BCUT2D eigenvalue weighted by Crippen LogP contribution is -2.57. The minimum atomic E-state index is -1.22. The molecule has 0 aliphatic carbocycles. The first-order chi connectivity index (χ1) is 17.2. The Balaban J connectivity index is 1.79. The smallest absolute Gasteiger partial charge is 0.313 e. The van der Waals surface area contributed by atoms with Crippen LogP contribution in [0.3, 0.4) is 0 Å². The monoisotopic (exact) mass is 498 g/mol. The first-order valence-corrected chi connectivity index (χ1v) is 12.2. The van der Waals surface area contributed by atoms with E-state index in [1.54, 1.807) is 42.4 Å². The van der Waals surface area contributed by atoms with Crippen LogP contribution in [0.1, 0.15) is 20.3 Å². The van der Waals surface area contributed by atoms with Crippen molar-refractivity contribution < 1.29 is 33.7 Å². The highest BCUT2D eigenvalue weighted by molar-refractivity contribution is 6.04. The van der Waals surface area contributed by atoms with Gasteiger partial charge in [0.25, 0.3) is 5.91 Å². The number of anilines is 1. The van der Waals surface area contributed by atoms with Gasteiger partial charge in [0.15, 0.2) is 0 Å². The van der Waals surface area contributed by atoms with Crippen LogP contribution in [-0.2, 0) is 23.9 Å². The van der Waals surface area contributed by atoms with Crippen molar-refractivity contribution in [2.45, 2.75) is 37.5 Å². The van der Waals surface area contributed by atoms with E-state index < -0.39 is 35.0 Å². The Morgan fingerprint density at radius 3 is 2.56 bits per heavy atom. The molecule has 1 aromatic rings. The van der Waals surface area contributed by atoms with Gasteiger partial charge in [0.1, 0.15) is 29.9 Å². The molecule has 3 aliphatic heterocycles. The van der Waals surface area contributed by atoms with Gasteiger partial charge in [-0.2, -0.15) is 0 Å². The summed E-state index contributed by atoms with van der Waals surface area (Å²) in [5.74, 6) is -2.52. The third-order valence-corrected chi connectivity index (χ3v) is 7.95. The molecule has 3 unspecified atom stereocenters. The number of β-amino-alcohol motifs (C(OH)–C–C–N with tert-alkyl or cyclic N) is 1. The van der Waals surface area contributed by atoms with E-state index in [0.29, 0.717) is 17.9 Å². The fourth-order valence-electron chi connectivity index (χ4n) is 6.32. The molecule has 1 aromatic carbocycles. The Labute approximate surface area is 211 Å². The number of carbonyl (C=O) groups excluding carboxylic acids is 3. The summed E-state index contributed by atoms with van der Waals surface area (Å²) in [6.07, 6.45) is 3.50. The van der Waals surface area contributed by atoms with Crippen molar-refractivity contribution in [3.63, 3.8) is 0 Å². The summed E-state index contributed by atoms with van der Waals surface area (Å²) in [4.78, 5) is 44.2. The minimum Gasteiger partial charge on any atom is -0.497 e. The predicted molar refractivity (Wildman–Crippen MR) is 132 cm³/mol. The molecular weight excluding hydrogens is 464 g/mol. The molecule has 2 amide bonds. The summed E-state index contributed by atoms with van der Waals surface area (Å²) in [6, 6.07) is 5.99. The molecule has 0 aromatic heterocycles. The van der Waals surface area contributed by atoms with Crippen molar-refractivity contribution >= 4 is 23.5 Å². The van der Waals surface area contributed by atoms with Crippen molar-refractivity contribution in [1.82, 2.24) is 4.90 Å². The molecule has 36 heavy (non-hydrogen) atoms. The van der Waals surface area contributed by atoms with Crippen molar-refractivity contribution in [2.75, 3.05) is 38.3 Å². The summed E-state index contributed by atoms with van der Waals surface area (Å²) >= 11 is 0. The fraction of sp³-hybridized carbons (Fsp3) is 0.519. The van der Waals surface area contributed by atoms with Crippen LogP contribution in [0.25, 0.3) is 0 Å². The summed E-state index contributed by atoms with van der Waals surface area (Å²) in [7, 11) is 1.56. The van der Waals surface area contributed by atoms with E-state index in [4.69, 9.17) is 14.2 Å². The maximum Gasteiger partial charge on any atom is 0.313 e. The molecule has 2 bridgehead atoms. The molecule has 1 N–H and O–H groups in total. The van der Waals surface area contributed by atoms with Crippen LogP contribution in [0.4, 0.5) is 5.69 Å². The third kappa shape index (κ3) is 3.72. The second-order valence-electron chi connectivity index (χ2n) is 9.81. The molecule has 9 heteroatoms. The number of esters is 1. The Morgan fingerprint density at radius 2 is 1.97 bits per heavy atom. The number of hydrogen-bond donors (Lipinski definition) is 1. The number of hydrogen-bond acceptors (Lipinski definition) is 7. The molecular formula is C27H34N2O7. The van der Waals surface area contributed by atoms with Gasteiger partial charge in [0.05, 0.1) is 25.2 Å². The zero-order chi connectivity index (χ0) is 26.3. The Morgan fingerprint density at radius 1 is 1.28 bits per heavy atom. The number of amides is 2. The highest BCUT2D eigenvalue weighted by atomic mass is 16.6. The SMILES string of the molecule is C=CCOC(=O)[C@@H]1[C@H]2C(=O)N(CCO)C(C(=O)N(CC=C)c3ccc(OC)cc3)C23CC(C)[C@@]1(C)O3. The molecule has 4 rings (SSSR count). The van der Waals surface area contributed by atoms with Crippen LogP contribution in [0.5, 0.6) is 5.75 Å². The van der Waals surface area contributed by atoms with Crippen molar-refractivity contribution in [2.24, 2.45) is 17.8 Å². The molecule has 9 nitrogen and oxygen atoms in total. The van der Waals surface area contributed by atoms with Crippen molar-refractivity contribution in [3.8, 4) is 5.75 Å². The zero-order valence-corrected chi connectivity index (χ0v) is 21.0. The van der Waals surface area contributed by atoms with Crippen LogP contribution in [0.2, 0.25) is 0 Å². The van der Waals surface area contributed by atoms with Gasteiger partial charge >= 0.3 is 5.97 Å². The number of nitrogens with zero attached hydrogens (tertiary/aromatic N) is 2. The van der Waals surface area contributed by atoms with E-state index in [1.807, 2.05) is 13.8 Å². The van der Waals surface area contributed by atoms with Crippen LogP contribution < -0.4 is 9.64 Å². The molecule has 194 valence electrons. The number of carbonyl (C=O) groups is 3. The van der Waals surface area contributed by atoms with Gasteiger partial charge in [-0.15, -0.1) is 6.58 Å². The summed E-state index contributed by atoms with van der Waals surface area (Å²) in [5, 5.41) is 9.79. The van der Waals surface area contributed by atoms with Gasteiger partial charge in [-0.3, -0.25) is 14.4 Å². The summed E-state index contributed by atoms with van der Waals surface area (Å²) in [6.45, 7) is 11.0. The van der Waals surface area contributed by atoms with Gasteiger partial charge in [-0.25, -0.2) is 0 Å². The lowest BCUT2D eigenvalue weighted by molar-refractivity contribution is -0.160. The van der Waals surface area contributed by atoms with Gasteiger partial charge in [0.2, 0.25) is 5.91 Å². The van der Waals surface area contributed by atoms with Crippen LogP contribution >= 0.6 is 0 Å². The third-order valence-electron chi connectivity index (χ3n) is 7.95. The van der Waals surface area contributed by atoms with Gasteiger partial charge in [0, 0.05) is 18.8 Å². The first-order valence-electron chi connectivity index (χ1n) is 12.2. The topological polar surface area (TPSA) is 106 Å². The molecule has 0 radical (unpaired) electrons. The van der Waals surface area contributed by atoms with E-state index in [0.717, 1.165) is 0 Å². The van der Waals surface area contributed by atoms with Crippen LogP contribution in [-0.4, -0.2) is 78.4 Å². The number of aliphatic hydroxyl groups excluding tert-OH is 1. The van der Waals surface area contributed by atoms with E-state index >= 15 is 0 Å². The van der Waals surface area contributed by atoms with Gasteiger partial charge < -0.3 is 29.1 Å². The van der Waals surface area contributed by atoms with E-state index in [-0.39, 0.29) is 44.0 Å². The van der Waals surface area contributed by atoms with E-state index in [1.165, 1.54) is 11.0 Å². The highest BCUT2D eigenvalue weighted by Crippen LogP contribution is 2.65. The zero-order valence-electron chi connectivity index (χ0n) is 21.0. The average molecular weight is 499 g/mol. The maximum absolute atomic E-state index is 14.3. The van der Waals surface area contributed by atoms with Gasteiger partial charge in [-0.1, -0.05) is 25.7 Å². The molecule has 0 saturated carbocycles. The van der Waals surface area contributed by atoms with Gasteiger partial charge in [-0.05, 0) is 43.5 Å². The lowest BCUT2D eigenvalue weighted by atomic mass is 9.62. The number of aliphatic hydroxyl groups is 1. The van der Waals surface area contributed by atoms with Crippen LogP contribution in [0.15, 0.2) is 49.6 Å². The summed E-state index contributed by atoms with van der Waals surface area (Å²) in [5.41, 5.74) is -1.58. The quantitative estimate of drug-likeness (QED) is 0.388.